The number of carbonyl (C=O) groups excluding carboxylic acids is 3. The lowest BCUT2D eigenvalue weighted by Gasteiger charge is -2.40. The van der Waals surface area contributed by atoms with Gasteiger partial charge in [-0.15, -0.1) is 0 Å². The van der Waals surface area contributed by atoms with Gasteiger partial charge in [0.2, 0.25) is 11.8 Å². The normalized spacial score (nSPS) is 22.3. The summed E-state index contributed by atoms with van der Waals surface area (Å²) in [6.45, 7) is 16.7. The summed E-state index contributed by atoms with van der Waals surface area (Å²) in [7, 11) is 3.71. The van der Waals surface area contributed by atoms with E-state index >= 15 is 0 Å². The zero-order chi connectivity index (χ0) is 24.8. The molecule has 4 atom stereocenters. The van der Waals surface area contributed by atoms with Crippen LogP contribution >= 0.6 is 0 Å². The van der Waals surface area contributed by atoms with E-state index in [1.807, 2.05) is 41.7 Å². The van der Waals surface area contributed by atoms with Crippen LogP contribution in [0.25, 0.3) is 0 Å². The third-order valence-corrected chi connectivity index (χ3v) is 6.26. The summed E-state index contributed by atoms with van der Waals surface area (Å²) in [5, 5.41) is 3.06. The molecule has 184 valence electrons. The van der Waals surface area contributed by atoms with E-state index in [9.17, 15) is 14.4 Å². The predicted molar refractivity (Wildman–Crippen MR) is 128 cm³/mol. The van der Waals surface area contributed by atoms with Crippen molar-refractivity contribution in [3.8, 4) is 0 Å². The van der Waals surface area contributed by atoms with Gasteiger partial charge in [-0.1, -0.05) is 47.6 Å². The number of nitrogens with zero attached hydrogens (tertiary/aromatic N) is 2. The monoisotopic (exact) mass is 451 g/mol. The van der Waals surface area contributed by atoms with E-state index in [0.717, 1.165) is 19.4 Å². The molecule has 1 unspecified atom stereocenters. The highest BCUT2D eigenvalue weighted by atomic mass is 16.5. The zero-order valence-electron chi connectivity index (χ0n) is 21.8. The molecular weight excluding hydrogens is 406 g/mol. The third-order valence-electron chi connectivity index (χ3n) is 6.26. The Bertz CT molecular complexity index is 696. The molecule has 0 saturated carbocycles. The number of carbonyl (C=O) groups is 3. The van der Waals surface area contributed by atoms with Gasteiger partial charge in [0, 0.05) is 19.2 Å². The Morgan fingerprint density at radius 3 is 2.28 bits per heavy atom. The number of rotatable bonds is 8. The van der Waals surface area contributed by atoms with Crippen LogP contribution in [0.4, 0.5) is 0 Å². The van der Waals surface area contributed by atoms with Gasteiger partial charge >= 0.3 is 5.97 Å². The van der Waals surface area contributed by atoms with Crippen LogP contribution in [0.2, 0.25) is 0 Å². The summed E-state index contributed by atoms with van der Waals surface area (Å²) in [6, 6.07) is -1.20. The van der Waals surface area contributed by atoms with Gasteiger partial charge in [-0.3, -0.25) is 14.5 Å². The SMILES string of the molecule is CCOC(=O)/C(C)=C/[C@H](C(C)C)N(C)C(=O)[C@@H](NC(=O)C1CC[C@@H](C)CN1C)C(C)(C)C. The molecule has 1 rings (SSSR count). The van der Waals surface area contributed by atoms with Gasteiger partial charge in [0.05, 0.1) is 18.7 Å². The Morgan fingerprint density at radius 2 is 1.81 bits per heavy atom. The van der Waals surface area contributed by atoms with E-state index in [1.165, 1.54) is 0 Å². The number of likely N-dealkylation sites (N-methyl/N-ethyl adjacent to an activating group) is 2. The molecule has 7 heteroatoms. The predicted octanol–water partition coefficient (Wildman–Crippen LogP) is 3.24. The molecule has 1 aliphatic heterocycles. The number of likely N-dealkylation sites (tertiary alicyclic amines) is 1. The number of ether oxygens (including phenoxy) is 1. The van der Waals surface area contributed by atoms with Gasteiger partial charge in [-0.2, -0.15) is 0 Å². The van der Waals surface area contributed by atoms with Crippen molar-refractivity contribution in [2.45, 2.75) is 86.4 Å². The third kappa shape index (κ3) is 7.61. The topological polar surface area (TPSA) is 79.0 Å². The average molecular weight is 452 g/mol. The van der Waals surface area contributed by atoms with Gasteiger partial charge in [0.25, 0.3) is 0 Å². The maximum atomic E-state index is 13.6. The molecule has 0 spiro atoms. The van der Waals surface area contributed by atoms with Gasteiger partial charge in [0.1, 0.15) is 6.04 Å². The summed E-state index contributed by atoms with van der Waals surface area (Å²) in [5.74, 6) is 0.00556. The summed E-state index contributed by atoms with van der Waals surface area (Å²) < 4.78 is 5.09. The first-order valence-electron chi connectivity index (χ1n) is 11.8. The fraction of sp³-hybridized carbons (Fsp3) is 0.800. The van der Waals surface area contributed by atoms with E-state index in [2.05, 4.69) is 17.1 Å². The Kier molecular flexibility index (Phi) is 10.4. The Morgan fingerprint density at radius 1 is 1.22 bits per heavy atom. The summed E-state index contributed by atoms with van der Waals surface area (Å²) in [5.41, 5.74) is 0.00247. The fourth-order valence-corrected chi connectivity index (χ4v) is 4.26. The van der Waals surface area contributed by atoms with Gasteiger partial charge in [-0.05, 0) is 51.0 Å². The molecule has 1 aliphatic rings. The molecule has 1 heterocycles. The van der Waals surface area contributed by atoms with Crippen molar-refractivity contribution in [3.63, 3.8) is 0 Å². The molecule has 1 saturated heterocycles. The minimum Gasteiger partial charge on any atom is -0.463 e. The van der Waals surface area contributed by atoms with E-state index in [4.69, 9.17) is 4.74 Å². The Labute approximate surface area is 194 Å². The highest BCUT2D eigenvalue weighted by Gasteiger charge is 2.39. The lowest BCUT2D eigenvalue weighted by molar-refractivity contribution is -0.142. The second-order valence-corrected chi connectivity index (χ2v) is 10.7. The van der Waals surface area contributed by atoms with Crippen molar-refractivity contribution < 1.29 is 19.1 Å². The Hall–Kier alpha value is -1.89. The second-order valence-electron chi connectivity index (χ2n) is 10.7. The van der Waals surface area contributed by atoms with Crippen LogP contribution in [-0.4, -0.2) is 73.0 Å². The molecule has 0 bridgehead atoms. The molecule has 1 N–H and O–H groups in total. The first-order valence-corrected chi connectivity index (χ1v) is 11.8. The van der Waals surface area contributed by atoms with E-state index in [1.54, 1.807) is 31.9 Å². The van der Waals surface area contributed by atoms with Crippen molar-refractivity contribution >= 4 is 17.8 Å². The summed E-state index contributed by atoms with van der Waals surface area (Å²) in [6.07, 6.45) is 3.59. The van der Waals surface area contributed by atoms with Crippen LogP contribution in [0.15, 0.2) is 11.6 Å². The van der Waals surface area contributed by atoms with Crippen molar-refractivity contribution in [1.82, 2.24) is 15.1 Å². The minimum atomic E-state index is -0.676. The molecule has 0 radical (unpaired) electrons. The standard InChI is InChI=1S/C25H45N3O4/c1-11-32-24(31)18(5)14-20(16(2)3)28(10)23(30)21(25(6,7)8)26-22(29)19-13-12-17(4)15-27(19)9/h14,16-17,19-21H,11-13,15H2,1-10H3,(H,26,29)/b18-14+/t17-,19?,20-,21-/m1/s1. The number of hydrogen-bond acceptors (Lipinski definition) is 5. The molecule has 0 aromatic carbocycles. The van der Waals surface area contributed by atoms with Crippen LogP contribution in [-0.2, 0) is 19.1 Å². The zero-order valence-corrected chi connectivity index (χ0v) is 21.8. The van der Waals surface area contributed by atoms with Crippen LogP contribution < -0.4 is 5.32 Å². The quantitative estimate of drug-likeness (QED) is 0.453. The van der Waals surface area contributed by atoms with Crippen molar-refractivity contribution in [1.29, 1.82) is 0 Å². The van der Waals surface area contributed by atoms with Crippen molar-refractivity contribution in [2.75, 3.05) is 27.2 Å². The number of esters is 1. The maximum absolute atomic E-state index is 13.6. The molecule has 2 amide bonds. The molecule has 1 fully saturated rings. The second kappa shape index (κ2) is 11.8. The first-order chi connectivity index (χ1) is 14.7. The molecule has 7 nitrogen and oxygen atoms in total. The largest absolute Gasteiger partial charge is 0.463 e. The van der Waals surface area contributed by atoms with E-state index in [0.29, 0.717) is 18.1 Å². The van der Waals surface area contributed by atoms with Crippen molar-refractivity contribution in [2.24, 2.45) is 17.3 Å². The number of piperidine rings is 1. The number of nitrogens with one attached hydrogen (secondary N) is 1. The van der Waals surface area contributed by atoms with E-state index < -0.39 is 11.5 Å². The number of hydrogen-bond donors (Lipinski definition) is 1. The van der Waals surface area contributed by atoms with Gasteiger partial charge in [-0.25, -0.2) is 4.79 Å². The number of amides is 2. The first kappa shape index (κ1) is 28.1. The minimum absolute atomic E-state index is 0.0793. The highest BCUT2D eigenvalue weighted by Crippen LogP contribution is 2.25. The lowest BCUT2D eigenvalue weighted by Crippen LogP contribution is -2.60. The van der Waals surface area contributed by atoms with Crippen LogP contribution in [0.1, 0.15) is 68.2 Å². The maximum Gasteiger partial charge on any atom is 0.333 e. The van der Waals surface area contributed by atoms with Crippen LogP contribution in [0.5, 0.6) is 0 Å². The van der Waals surface area contributed by atoms with Gasteiger partial charge in [0.15, 0.2) is 0 Å². The summed E-state index contributed by atoms with van der Waals surface area (Å²) in [4.78, 5) is 42.6. The fourth-order valence-electron chi connectivity index (χ4n) is 4.26. The molecule has 0 aromatic rings. The van der Waals surface area contributed by atoms with Crippen LogP contribution in [0, 0.1) is 17.3 Å². The Balaban J connectivity index is 3.10. The van der Waals surface area contributed by atoms with Gasteiger partial charge < -0.3 is 15.0 Å². The molecule has 0 aliphatic carbocycles. The highest BCUT2D eigenvalue weighted by molar-refractivity contribution is 5.91. The molecule has 32 heavy (non-hydrogen) atoms. The summed E-state index contributed by atoms with van der Waals surface area (Å²) >= 11 is 0. The van der Waals surface area contributed by atoms with Crippen molar-refractivity contribution in [3.05, 3.63) is 11.6 Å². The van der Waals surface area contributed by atoms with Crippen LogP contribution in [0.3, 0.4) is 0 Å². The smallest absolute Gasteiger partial charge is 0.333 e. The molecule has 0 aromatic heterocycles. The lowest BCUT2D eigenvalue weighted by atomic mass is 9.84. The molecular formula is C25H45N3O4. The average Bonchev–Trinajstić information content (AvgIpc) is 2.67. The van der Waals surface area contributed by atoms with E-state index in [-0.39, 0.29) is 35.8 Å².